The number of aromatic nitrogens is 1. The highest BCUT2D eigenvalue weighted by Gasteiger charge is 2.12. The summed E-state index contributed by atoms with van der Waals surface area (Å²) in [6.45, 7) is 1.07. The lowest BCUT2D eigenvalue weighted by Crippen LogP contribution is -2.41. The fraction of sp³-hybridized carbons (Fsp3) is 0.611. The Hall–Kier alpha value is -2.11. The van der Waals surface area contributed by atoms with Gasteiger partial charge in [-0.3, -0.25) is 14.8 Å². The van der Waals surface area contributed by atoms with E-state index >= 15 is 0 Å². The van der Waals surface area contributed by atoms with Gasteiger partial charge in [-0.25, -0.2) is 0 Å². The number of nitrogens with zero attached hydrogens (tertiary/aromatic N) is 2. The Morgan fingerprint density at radius 1 is 1.29 bits per heavy atom. The second-order valence-corrected chi connectivity index (χ2v) is 6.29. The zero-order chi connectivity index (χ0) is 17.0. The predicted octanol–water partition coefficient (Wildman–Crippen LogP) is 2.55. The van der Waals surface area contributed by atoms with E-state index in [1.165, 1.54) is 38.5 Å². The van der Waals surface area contributed by atoms with Gasteiger partial charge in [-0.1, -0.05) is 32.1 Å². The fourth-order valence-electron chi connectivity index (χ4n) is 3.10. The molecule has 132 valence electrons. The van der Waals surface area contributed by atoms with Crippen LogP contribution >= 0.6 is 0 Å². The Morgan fingerprint density at radius 2 is 2.12 bits per heavy atom. The lowest BCUT2D eigenvalue weighted by Gasteiger charge is -2.21. The Kier molecular flexibility index (Phi) is 8.07. The number of amides is 1. The maximum absolute atomic E-state index is 11.9. The molecule has 6 nitrogen and oxygen atoms in total. The third-order valence-electron chi connectivity index (χ3n) is 4.39. The summed E-state index contributed by atoms with van der Waals surface area (Å²) in [5, 5.41) is 9.09. The minimum Gasteiger partial charge on any atom is -0.356 e. The van der Waals surface area contributed by atoms with Gasteiger partial charge in [0.2, 0.25) is 5.91 Å². The number of carbonyl (C=O) groups is 1. The molecular formula is C18H29N5O. The van der Waals surface area contributed by atoms with Crippen molar-refractivity contribution in [1.82, 2.24) is 15.6 Å². The zero-order valence-corrected chi connectivity index (χ0v) is 14.6. The molecule has 1 aromatic heterocycles. The van der Waals surface area contributed by atoms with Crippen LogP contribution in [0.5, 0.6) is 0 Å². The van der Waals surface area contributed by atoms with Crippen molar-refractivity contribution < 1.29 is 4.79 Å². The molecule has 1 heterocycles. The standard InChI is InChI=1S/C18H29N5O/c1-19-18(21-12-5-9-15-7-3-2-4-8-15)22-14-17(24)23-16-10-6-11-20-13-16/h6,10-11,13,15H,2-5,7-9,12,14H2,1H3,(H,23,24)(H2,19,21,22). The van der Waals surface area contributed by atoms with Crippen LogP contribution in [0.2, 0.25) is 0 Å². The summed E-state index contributed by atoms with van der Waals surface area (Å²) in [7, 11) is 1.72. The minimum absolute atomic E-state index is 0.117. The number of hydrogen-bond donors (Lipinski definition) is 3. The van der Waals surface area contributed by atoms with Crippen LogP contribution in [-0.4, -0.2) is 37.0 Å². The van der Waals surface area contributed by atoms with E-state index in [1.54, 1.807) is 25.5 Å². The molecule has 3 N–H and O–H groups in total. The van der Waals surface area contributed by atoms with Crippen molar-refractivity contribution in [1.29, 1.82) is 0 Å². The number of anilines is 1. The largest absolute Gasteiger partial charge is 0.356 e. The number of nitrogens with one attached hydrogen (secondary N) is 3. The number of guanidine groups is 1. The van der Waals surface area contributed by atoms with Crippen molar-refractivity contribution in [3.8, 4) is 0 Å². The molecule has 0 atom stereocenters. The van der Waals surface area contributed by atoms with Crippen LogP contribution in [0, 0.1) is 5.92 Å². The first kappa shape index (κ1) is 18.2. The average Bonchev–Trinajstić information content (AvgIpc) is 2.63. The summed E-state index contributed by atoms with van der Waals surface area (Å²) in [5.74, 6) is 1.45. The van der Waals surface area contributed by atoms with Gasteiger partial charge in [0.1, 0.15) is 0 Å². The molecule has 0 aliphatic heterocycles. The average molecular weight is 331 g/mol. The van der Waals surface area contributed by atoms with Crippen LogP contribution in [0.3, 0.4) is 0 Å². The van der Waals surface area contributed by atoms with Gasteiger partial charge in [0.25, 0.3) is 0 Å². The summed E-state index contributed by atoms with van der Waals surface area (Å²) in [6.07, 6.45) is 12.7. The van der Waals surface area contributed by atoms with E-state index in [1.807, 2.05) is 6.07 Å². The molecule has 1 aromatic rings. The Morgan fingerprint density at radius 3 is 2.83 bits per heavy atom. The molecule has 1 amide bonds. The van der Waals surface area contributed by atoms with Gasteiger partial charge in [0.05, 0.1) is 18.4 Å². The van der Waals surface area contributed by atoms with E-state index in [2.05, 4.69) is 25.9 Å². The monoisotopic (exact) mass is 331 g/mol. The number of carbonyl (C=O) groups excluding carboxylic acids is 1. The summed E-state index contributed by atoms with van der Waals surface area (Å²) in [6, 6.07) is 3.60. The summed E-state index contributed by atoms with van der Waals surface area (Å²) in [5.41, 5.74) is 0.694. The highest BCUT2D eigenvalue weighted by molar-refractivity contribution is 5.94. The van der Waals surface area contributed by atoms with Crippen molar-refractivity contribution in [2.75, 3.05) is 25.5 Å². The first-order chi connectivity index (χ1) is 11.8. The van der Waals surface area contributed by atoms with Gasteiger partial charge in [-0.05, 0) is 30.9 Å². The molecule has 2 rings (SSSR count). The molecule has 1 aliphatic carbocycles. The van der Waals surface area contributed by atoms with Crippen LogP contribution in [0.1, 0.15) is 44.9 Å². The summed E-state index contributed by atoms with van der Waals surface area (Å²) < 4.78 is 0. The number of rotatable bonds is 7. The summed E-state index contributed by atoms with van der Waals surface area (Å²) >= 11 is 0. The lowest BCUT2D eigenvalue weighted by molar-refractivity contribution is -0.115. The van der Waals surface area contributed by atoms with Crippen LogP contribution in [-0.2, 0) is 4.79 Å². The second kappa shape index (κ2) is 10.6. The highest BCUT2D eigenvalue weighted by atomic mass is 16.1. The van der Waals surface area contributed by atoms with E-state index in [9.17, 15) is 4.79 Å². The Balaban J connectivity index is 1.58. The van der Waals surface area contributed by atoms with Crippen LogP contribution in [0.15, 0.2) is 29.5 Å². The summed E-state index contributed by atoms with van der Waals surface area (Å²) in [4.78, 5) is 20.0. The van der Waals surface area contributed by atoms with E-state index in [4.69, 9.17) is 0 Å². The normalized spacial score (nSPS) is 15.8. The van der Waals surface area contributed by atoms with Crippen molar-refractivity contribution in [2.45, 2.75) is 44.9 Å². The van der Waals surface area contributed by atoms with E-state index < -0.39 is 0 Å². The van der Waals surface area contributed by atoms with Gasteiger partial charge in [-0.2, -0.15) is 0 Å². The molecule has 0 spiro atoms. The molecular weight excluding hydrogens is 302 g/mol. The molecule has 0 radical (unpaired) electrons. The van der Waals surface area contributed by atoms with Crippen LogP contribution in [0.25, 0.3) is 0 Å². The van der Waals surface area contributed by atoms with Crippen molar-refractivity contribution in [3.05, 3.63) is 24.5 Å². The van der Waals surface area contributed by atoms with Crippen LogP contribution < -0.4 is 16.0 Å². The van der Waals surface area contributed by atoms with E-state index in [0.717, 1.165) is 18.9 Å². The topological polar surface area (TPSA) is 78.4 Å². The maximum atomic E-state index is 11.9. The molecule has 0 aromatic carbocycles. The van der Waals surface area contributed by atoms with Gasteiger partial charge < -0.3 is 16.0 Å². The molecule has 0 saturated heterocycles. The predicted molar refractivity (Wildman–Crippen MR) is 98.0 cm³/mol. The van der Waals surface area contributed by atoms with Crippen molar-refractivity contribution >= 4 is 17.6 Å². The molecule has 0 bridgehead atoms. The molecule has 6 heteroatoms. The van der Waals surface area contributed by atoms with Crippen molar-refractivity contribution in [3.63, 3.8) is 0 Å². The van der Waals surface area contributed by atoms with Gasteiger partial charge in [0, 0.05) is 19.8 Å². The molecule has 24 heavy (non-hydrogen) atoms. The zero-order valence-electron chi connectivity index (χ0n) is 14.6. The smallest absolute Gasteiger partial charge is 0.243 e. The third-order valence-corrected chi connectivity index (χ3v) is 4.39. The molecule has 1 aliphatic rings. The Labute approximate surface area is 144 Å². The van der Waals surface area contributed by atoms with E-state index in [-0.39, 0.29) is 12.5 Å². The van der Waals surface area contributed by atoms with Crippen molar-refractivity contribution in [2.24, 2.45) is 10.9 Å². The van der Waals surface area contributed by atoms with Crippen LogP contribution in [0.4, 0.5) is 5.69 Å². The number of hydrogen-bond acceptors (Lipinski definition) is 3. The number of pyridine rings is 1. The van der Waals surface area contributed by atoms with Gasteiger partial charge in [-0.15, -0.1) is 0 Å². The number of aliphatic imine (C=N–C) groups is 1. The molecule has 0 unspecified atom stereocenters. The third kappa shape index (κ3) is 6.98. The maximum Gasteiger partial charge on any atom is 0.243 e. The lowest BCUT2D eigenvalue weighted by atomic mass is 9.86. The van der Waals surface area contributed by atoms with E-state index in [0.29, 0.717) is 11.6 Å². The minimum atomic E-state index is -0.117. The Bertz CT molecular complexity index is 511. The highest BCUT2D eigenvalue weighted by Crippen LogP contribution is 2.26. The first-order valence-electron chi connectivity index (χ1n) is 8.92. The fourth-order valence-corrected chi connectivity index (χ4v) is 3.10. The first-order valence-corrected chi connectivity index (χ1v) is 8.92. The SMILES string of the molecule is CN=C(NCCCC1CCCCC1)NCC(=O)Nc1cccnc1. The quantitative estimate of drug-likeness (QED) is 0.408. The molecule has 1 saturated carbocycles. The van der Waals surface area contributed by atoms with Gasteiger partial charge in [0.15, 0.2) is 5.96 Å². The second-order valence-electron chi connectivity index (χ2n) is 6.29. The van der Waals surface area contributed by atoms with Gasteiger partial charge >= 0.3 is 0 Å². The molecule has 1 fully saturated rings.